The molecule has 2 rings (SSSR count). The van der Waals surface area contributed by atoms with Gasteiger partial charge < -0.3 is 15.0 Å². The Morgan fingerprint density at radius 2 is 1.57 bits per heavy atom. The highest BCUT2D eigenvalue weighted by atomic mass is 35.5. The number of ether oxygens (including phenoxy) is 1. The maximum Gasteiger partial charge on any atom is 0.242 e. The maximum absolute atomic E-state index is 12.7. The number of hydrogen-bond acceptors (Lipinski definition) is 3. The molecule has 0 aromatic heterocycles. The molecule has 0 aliphatic rings. The summed E-state index contributed by atoms with van der Waals surface area (Å²) in [7, 11) is 1.61. The lowest BCUT2D eigenvalue weighted by Crippen LogP contribution is -2.48. The van der Waals surface area contributed by atoms with Gasteiger partial charge in [0.15, 0.2) is 0 Å². The molecule has 0 fully saturated rings. The van der Waals surface area contributed by atoms with Gasteiger partial charge in [0, 0.05) is 24.0 Å². The summed E-state index contributed by atoms with van der Waals surface area (Å²) >= 11 is 5.89. The van der Waals surface area contributed by atoms with Crippen molar-refractivity contribution >= 4 is 23.4 Å². The van der Waals surface area contributed by atoms with Gasteiger partial charge in [-0.05, 0) is 42.3 Å². The van der Waals surface area contributed by atoms with Gasteiger partial charge in [-0.15, -0.1) is 0 Å². The Morgan fingerprint density at radius 3 is 2.11 bits per heavy atom. The van der Waals surface area contributed by atoms with Crippen LogP contribution in [0.4, 0.5) is 0 Å². The minimum atomic E-state index is -0.593. The number of nitrogens with one attached hydrogen (secondary N) is 1. The summed E-state index contributed by atoms with van der Waals surface area (Å²) < 4.78 is 5.17. The number of benzene rings is 2. The van der Waals surface area contributed by atoms with E-state index in [1.54, 1.807) is 31.1 Å². The summed E-state index contributed by atoms with van der Waals surface area (Å²) in [4.78, 5) is 27.0. The first-order valence-electron chi connectivity index (χ1n) is 9.27. The lowest BCUT2D eigenvalue weighted by Gasteiger charge is -2.30. The van der Waals surface area contributed by atoms with E-state index in [4.69, 9.17) is 16.3 Å². The molecule has 0 bridgehead atoms. The smallest absolute Gasteiger partial charge is 0.242 e. The van der Waals surface area contributed by atoms with E-state index in [1.165, 1.54) is 0 Å². The zero-order chi connectivity index (χ0) is 20.7. The summed E-state index contributed by atoms with van der Waals surface area (Å²) in [5.41, 5.74) is 1.88. The Kier molecular flexibility index (Phi) is 7.88. The Labute approximate surface area is 171 Å². The van der Waals surface area contributed by atoms with E-state index < -0.39 is 6.04 Å². The SMILES string of the molecule is COc1ccc(CN(C(=O)C(C)C)C(C)C(=O)NCc2ccc(Cl)cc2)cc1. The molecule has 2 aromatic carbocycles. The van der Waals surface area contributed by atoms with Crippen molar-refractivity contribution in [2.24, 2.45) is 5.92 Å². The van der Waals surface area contributed by atoms with Crippen LogP contribution in [0.15, 0.2) is 48.5 Å². The first-order chi connectivity index (χ1) is 13.3. The summed E-state index contributed by atoms with van der Waals surface area (Å²) in [6.45, 7) is 6.16. The molecule has 0 heterocycles. The van der Waals surface area contributed by atoms with Crippen molar-refractivity contribution < 1.29 is 14.3 Å². The minimum Gasteiger partial charge on any atom is -0.497 e. The van der Waals surface area contributed by atoms with E-state index in [-0.39, 0.29) is 17.7 Å². The van der Waals surface area contributed by atoms with Gasteiger partial charge in [-0.3, -0.25) is 9.59 Å². The van der Waals surface area contributed by atoms with Gasteiger partial charge in [-0.2, -0.15) is 0 Å². The minimum absolute atomic E-state index is 0.0649. The molecule has 1 N–H and O–H groups in total. The summed E-state index contributed by atoms with van der Waals surface area (Å²) in [6, 6.07) is 14.2. The van der Waals surface area contributed by atoms with Crippen LogP contribution in [-0.2, 0) is 22.7 Å². The molecule has 6 heteroatoms. The first-order valence-corrected chi connectivity index (χ1v) is 9.65. The normalized spacial score (nSPS) is 11.8. The molecule has 2 aromatic rings. The molecule has 0 saturated carbocycles. The highest BCUT2D eigenvalue weighted by molar-refractivity contribution is 6.30. The molecule has 0 aliphatic heterocycles. The van der Waals surface area contributed by atoms with Gasteiger partial charge in [-0.25, -0.2) is 0 Å². The van der Waals surface area contributed by atoms with Crippen LogP contribution in [0.25, 0.3) is 0 Å². The fourth-order valence-electron chi connectivity index (χ4n) is 2.75. The quantitative estimate of drug-likeness (QED) is 0.725. The van der Waals surface area contributed by atoms with Crippen molar-refractivity contribution in [2.45, 2.75) is 39.9 Å². The Hall–Kier alpha value is -2.53. The lowest BCUT2D eigenvalue weighted by atomic mass is 10.1. The van der Waals surface area contributed by atoms with Crippen molar-refractivity contribution in [3.05, 3.63) is 64.7 Å². The van der Waals surface area contributed by atoms with Gasteiger partial charge in [0.2, 0.25) is 11.8 Å². The predicted octanol–water partition coefficient (Wildman–Crippen LogP) is 4.04. The largest absolute Gasteiger partial charge is 0.497 e. The highest BCUT2D eigenvalue weighted by Crippen LogP contribution is 2.17. The zero-order valence-electron chi connectivity index (χ0n) is 16.7. The average Bonchev–Trinajstić information content (AvgIpc) is 2.70. The van der Waals surface area contributed by atoms with E-state index in [0.717, 1.165) is 16.9 Å². The van der Waals surface area contributed by atoms with Crippen molar-refractivity contribution in [1.29, 1.82) is 0 Å². The van der Waals surface area contributed by atoms with E-state index in [2.05, 4.69) is 5.32 Å². The number of hydrogen-bond donors (Lipinski definition) is 1. The van der Waals surface area contributed by atoms with Crippen molar-refractivity contribution in [1.82, 2.24) is 10.2 Å². The zero-order valence-corrected chi connectivity index (χ0v) is 17.5. The van der Waals surface area contributed by atoms with Crippen LogP contribution in [0.5, 0.6) is 5.75 Å². The van der Waals surface area contributed by atoms with Crippen molar-refractivity contribution in [3.8, 4) is 5.75 Å². The molecule has 28 heavy (non-hydrogen) atoms. The highest BCUT2D eigenvalue weighted by Gasteiger charge is 2.27. The number of carbonyl (C=O) groups excluding carboxylic acids is 2. The van der Waals surface area contributed by atoms with Gasteiger partial charge in [0.05, 0.1) is 7.11 Å². The molecule has 150 valence electrons. The van der Waals surface area contributed by atoms with E-state index >= 15 is 0 Å². The molecule has 0 saturated heterocycles. The number of rotatable bonds is 8. The third kappa shape index (κ3) is 5.99. The number of carbonyl (C=O) groups is 2. The molecule has 1 atom stereocenters. The third-order valence-corrected chi connectivity index (χ3v) is 4.77. The summed E-state index contributed by atoms with van der Waals surface area (Å²) in [5.74, 6) is 0.284. The molecule has 0 aliphatic carbocycles. The second-order valence-electron chi connectivity index (χ2n) is 6.99. The van der Waals surface area contributed by atoms with Crippen LogP contribution >= 0.6 is 11.6 Å². The Morgan fingerprint density at radius 1 is 1.00 bits per heavy atom. The first kappa shape index (κ1) is 21.8. The van der Waals surface area contributed by atoms with Crippen molar-refractivity contribution in [2.75, 3.05) is 7.11 Å². The second kappa shape index (κ2) is 10.1. The van der Waals surface area contributed by atoms with E-state index in [1.807, 2.05) is 50.2 Å². The van der Waals surface area contributed by atoms with Crippen LogP contribution in [0.2, 0.25) is 5.02 Å². The van der Waals surface area contributed by atoms with Gasteiger partial charge in [0.25, 0.3) is 0 Å². The fourth-order valence-corrected chi connectivity index (χ4v) is 2.87. The number of nitrogens with zero attached hydrogens (tertiary/aromatic N) is 1. The Bertz CT molecular complexity index is 788. The topological polar surface area (TPSA) is 58.6 Å². The standard InChI is InChI=1S/C22H27ClN2O3/c1-15(2)22(27)25(14-18-7-11-20(28-4)12-8-18)16(3)21(26)24-13-17-5-9-19(23)10-6-17/h5-12,15-16H,13-14H2,1-4H3,(H,24,26). The molecular weight excluding hydrogens is 376 g/mol. The van der Waals surface area contributed by atoms with Crippen LogP contribution < -0.4 is 10.1 Å². The summed E-state index contributed by atoms with van der Waals surface area (Å²) in [5, 5.41) is 3.55. The fraction of sp³-hybridized carbons (Fsp3) is 0.364. The monoisotopic (exact) mass is 402 g/mol. The summed E-state index contributed by atoms with van der Waals surface area (Å²) in [6.07, 6.45) is 0. The number of amides is 2. The van der Waals surface area contributed by atoms with Crippen molar-refractivity contribution in [3.63, 3.8) is 0 Å². The van der Waals surface area contributed by atoms with Gasteiger partial charge >= 0.3 is 0 Å². The number of methoxy groups -OCH3 is 1. The van der Waals surface area contributed by atoms with Crippen LogP contribution in [-0.4, -0.2) is 29.9 Å². The van der Waals surface area contributed by atoms with E-state index in [0.29, 0.717) is 18.1 Å². The molecule has 5 nitrogen and oxygen atoms in total. The molecule has 2 amide bonds. The maximum atomic E-state index is 12.7. The molecular formula is C22H27ClN2O3. The van der Waals surface area contributed by atoms with Crippen LogP contribution in [0.1, 0.15) is 31.9 Å². The molecule has 0 spiro atoms. The average molecular weight is 403 g/mol. The predicted molar refractivity (Wildman–Crippen MR) is 111 cm³/mol. The van der Waals surface area contributed by atoms with Gasteiger partial charge in [-0.1, -0.05) is 49.7 Å². The Balaban J connectivity index is 2.08. The second-order valence-corrected chi connectivity index (χ2v) is 7.43. The van der Waals surface area contributed by atoms with Crippen LogP contribution in [0, 0.1) is 5.92 Å². The third-order valence-electron chi connectivity index (χ3n) is 4.52. The van der Waals surface area contributed by atoms with E-state index in [9.17, 15) is 9.59 Å². The van der Waals surface area contributed by atoms with Gasteiger partial charge in [0.1, 0.15) is 11.8 Å². The lowest BCUT2D eigenvalue weighted by molar-refractivity contribution is -0.143. The molecule has 1 unspecified atom stereocenters. The van der Waals surface area contributed by atoms with Crippen LogP contribution in [0.3, 0.4) is 0 Å². The number of halogens is 1. The molecule has 0 radical (unpaired) electrons.